The topological polar surface area (TPSA) is 111 Å². The maximum absolute atomic E-state index is 13.2. The normalized spacial score (nSPS) is 19.0. The Bertz CT molecular complexity index is 920. The fraction of sp³-hybridized carbons (Fsp3) is 0.500. The Kier molecular flexibility index (Phi) is 6.82. The SMILES string of the molecule is CC(C)(C)OC(=O)NCC1CCCC(n2cc(C(N)=O)c(Nc3ccc(F)cc3)n2)C1. The first-order chi connectivity index (χ1) is 14.6. The Labute approximate surface area is 181 Å². The van der Waals surface area contributed by atoms with Crippen LogP contribution in [0.1, 0.15) is 62.9 Å². The Morgan fingerprint density at radius 3 is 2.61 bits per heavy atom. The summed E-state index contributed by atoms with van der Waals surface area (Å²) in [7, 11) is 0. The summed E-state index contributed by atoms with van der Waals surface area (Å²) in [6, 6.07) is 5.87. The van der Waals surface area contributed by atoms with Crippen molar-refractivity contribution in [1.82, 2.24) is 15.1 Å². The van der Waals surface area contributed by atoms with Crippen LogP contribution in [0.15, 0.2) is 30.5 Å². The first kappa shape index (κ1) is 22.6. The number of carbonyl (C=O) groups is 2. The number of hydrogen-bond acceptors (Lipinski definition) is 5. The zero-order chi connectivity index (χ0) is 22.6. The van der Waals surface area contributed by atoms with Gasteiger partial charge >= 0.3 is 6.09 Å². The molecule has 8 nitrogen and oxygen atoms in total. The molecule has 2 amide bonds. The number of ether oxygens (including phenoxy) is 1. The van der Waals surface area contributed by atoms with Crippen LogP contribution in [0.25, 0.3) is 0 Å². The number of carbonyl (C=O) groups excluding carboxylic acids is 2. The van der Waals surface area contributed by atoms with Crippen LogP contribution in [-0.4, -0.2) is 33.9 Å². The summed E-state index contributed by atoms with van der Waals surface area (Å²) in [5.74, 6) is -0.316. The van der Waals surface area contributed by atoms with Gasteiger partial charge in [0.1, 0.15) is 17.0 Å². The number of aromatic nitrogens is 2. The molecule has 9 heteroatoms. The van der Waals surface area contributed by atoms with Gasteiger partial charge in [-0.2, -0.15) is 5.10 Å². The molecule has 2 unspecified atom stereocenters. The first-order valence-corrected chi connectivity index (χ1v) is 10.5. The number of alkyl carbamates (subject to hydrolysis) is 1. The predicted molar refractivity (Wildman–Crippen MR) is 116 cm³/mol. The van der Waals surface area contributed by atoms with Crippen molar-refractivity contribution in [2.75, 3.05) is 11.9 Å². The third-order valence-corrected chi connectivity index (χ3v) is 5.17. The van der Waals surface area contributed by atoms with Crippen LogP contribution < -0.4 is 16.4 Å². The molecule has 2 aromatic rings. The van der Waals surface area contributed by atoms with E-state index in [1.54, 1.807) is 23.0 Å². The van der Waals surface area contributed by atoms with Crippen molar-refractivity contribution in [3.63, 3.8) is 0 Å². The van der Waals surface area contributed by atoms with Crippen LogP contribution in [0.5, 0.6) is 0 Å². The van der Waals surface area contributed by atoms with E-state index >= 15 is 0 Å². The maximum Gasteiger partial charge on any atom is 0.407 e. The standard InChI is InChI=1S/C22H30FN5O3/c1-22(2,3)31-21(30)25-12-14-5-4-6-17(11-14)28-13-18(19(24)29)20(27-28)26-16-9-7-15(23)8-10-16/h7-10,13-14,17H,4-6,11-12H2,1-3H3,(H2,24,29)(H,25,30)(H,26,27). The van der Waals surface area contributed by atoms with E-state index in [0.717, 1.165) is 25.7 Å². The third-order valence-electron chi connectivity index (χ3n) is 5.17. The van der Waals surface area contributed by atoms with Gasteiger partial charge in [-0.15, -0.1) is 0 Å². The first-order valence-electron chi connectivity index (χ1n) is 10.5. The zero-order valence-corrected chi connectivity index (χ0v) is 18.2. The second-order valence-electron chi connectivity index (χ2n) is 8.94. The molecule has 1 aliphatic carbocycles. The van der Waals surface area contributed by atoms with Crippen molar-refractivity contribution in [3.8, 4) is 0 Å². The maximum atomic E-state index is 13.2. The highest BCUT2D eigenvalue weighted by Crippen LogP contribution is 2.33. The highest BCUT2D eigenvalue weighted by atomic mass is 19.1. The van der Waals surface area contributed by atoms with Crippen molar-refractivity contribution in [2.45, 2.75) is 58.1 Å². The van der Waals surface area contributed by atoms with Crippen molar-refractivity contribution in [3.05, 3.63) is 41.8 Å². The Morgan fingerprint density at radius 1 is 1.26 bits per heavy atom. The summed E-state index contributed by atoms with van der Waals surface area (Å²) in [4.78, 5) is 23.9. The van der Waals surface area contributed by atoms with Gasteiger partial charge < -0.3 is 21.1 Å². The molecule has 0 saturated heterocycles. The number of hydrogen-bond donors (Lipinski definition) is 3. The van der Waals surface area contributed by atoms with E-state index < -0.39 is 17.6 Å². The minimum Gasteiger partial charge on any atom is -0.444 e. The lowest BCUT2D eigenvalue weighted by Gasteiger charge is -2.29. The molecule has 0 spiro atoms. The number of halogens is 1. The number of nitrogens with zero attached hydrogens (tertiary/aromatic N) is 2. The number of benzene rings is 1. The van der Waals surface area contributed by atoms with Crippen LogP contribution >= 0.6 is 0 Å². The second-order valence-corrected chi connectivity index (χ2v) is 8.94. The summed E-state index contributed by atoms with van der Waals surface area (Å²) in [6.45, 7) is 6.01. The summed E-state index contributed by atoms with van der Waals surface area (Å²) < 4.78 is 20.2. The number of nitrogens with one attached hydrogen (secondary N) is 2. The summed E-state index contributed by atoms with van der Waals surface area (Å²) in [6.07, 6.45) is 4.94. The van der Waals surface area contributed by atoms with Gasteiger partial charge in [-0.3, -0.25) is 9.48 Å². The molecule has 0 bridgehead atoms. The van der Waals surface area contributed by atoms with Gasteiger partial charge in [0.15, 0.2) is 5.82 Å². The number of primary amides is 1. The second kappa shape index (κ2) is 9.36. The van der Waals surface area contributed by atoms with Gasteiger partial charge in [0.2, 0.25) is 0 Å². The third kappa shape index (κ3) is 6.44. The molecule has 1 fully saturated rings. The van der Waals surface area contributed by atoms with Gasteiger partial charge in [-0.1, -0.05) is 6.42 Å². The summed E-state index contributed by atoms with van der Waals surface area (Å²) in [5, 5.41) is 10.4. The zero-order valence-electron chi connectivity index (χ0n) is 18.2. The highest BCUT2D eigenvalue weighted by Gasteiger charge is 2.27. The molecule has 168 valence electrons. The van der Waals surface area contributed by atoms with E-state index in [-0.39, 0.29) is 23.3 Å². The van der Waals surface area contributed by atoms with E-state index in [1.807, 2.05) is 20.8 Å². The molecule has 1 heterocycles. The lowest BCUT2D eigenvalue weighted by molar-refractivity contribution is 0.0512. The Balaban J connectivity index is 1.66. The van der Waals surface area contributed by atoms with Gasteiger partial charge in [-0.25, -0.2) is 9.18 Å². The van der Waals surface area contributed by atoms with Crippen molar-refractivity contribution in [1.29, 1.82) is 0 Å². The highest BCUT2D eigenvalue weighted by molar-refractivity contribution is 5.98. The van der Waals surface area contributed by atoms with Gasteiger partial charge in [0.25, 0.3) is 5.91 Å². The lowest BCUT2D eigenvalue weighted by atomic mass is 9.86. The van der Waals surface area contributed by atoms with Gasteiger partial charge in [0.05, 0.1) is 6.04 Å². The molecular weight excluding hydrogens is 401 g/mol. The molecule has 0 radical (unpaired) electrons. The molecule has 4 N–H and O–H groups in total. The fourth-order valence-electron chi connectivity index (χ4n) is 3.75. The quantitative estimate of drug-likeness (QED) is 0.637. The average Bonchev–Trinajstić information content (AvgIpc) is 3.11. The Hall–Kier alpha value is -3.10. The van der Waals surface area contributed by atoms with Crippen molar-refractivity contribution >= 4 is 23.5 Å². The number of rotatable bonds is 6. The molecule has 1 aromatic heterocycles. The van der Waals surface area contributed by atoms with Gasteiger partial charge in [-0.05, 0) is 70.2 Å². The van der Waals surface area contributed by atoms with E-state index in [4.69, 9.17) is 10.5 Å². The molecule has 31 heavy (non-hydrogen) atoms. The molecule has 0 aliphatic heterocycles. The molecule has 3 rings (SSSR count). The monoisotopic (exact) mass is 431 g/mol. The molecule has 1 saturated carbocycles. The van der Waals surface area contributed by atoms with Crippen LogP contribution in [0.4, 0.5) is 20.7 Å². The van der Waals surface area contributed by atoms with E-state index in [2.05, 4.69) is 15.7 Å². The van der Waals surface area contributed by atoms with E-state index in [0.29, 0.717) is 18.1 Å². The average molecular weight is 432 g/mol. The van der Waals surface area contributed by atoms with E-state index in [9.17, 15) is 14.0 Å². The predicted octanol–water partition coefficient (Wildman–Crippen LogP) is 4.12. The fourth-order valence-corrected chi connectivity index (χ4v) is 3.75. The molecule has 1 aliphatic rings. The van der Waals surface area contributed by atoms with Crippen LogP contribution in [-0.2, 0) is 4.74 Å². The Morgan fingerprint density at radius 2 is 1.97 bits per heavy atom. The van der Waals surface area contributed by atoms with Crippen molar-refractivity contribution in [2.24, 2.45) is 11.7 Å². The van der Waals surface area contributed by atoms with Crippen molar-refractivity contribution < 1.29 is 18.7 Å². The smallest absolute Gasteiger partial charge is 0.407 e. The molecule has 1 aromatic carbocycles. The molecular formula is C22H30FN5O3. The number of amides is 2. The largest absolute Gasteiger partial charge is 0.444 e. The summed E-state index contributed by atoms with van der Waals surface area (Å²) in [5.41, 5.74) is 5.89. The van der Waals surface area contributed by atoms with Crippen LogP contribution in [0.3, 0.4) is 0 Å². The van der Waals surface area contributed by atoms with E-state index in [1.165, 1.54) is 12.1 Å². The molecule has 2 atom stereocenters. The van der Waals surface area contributed by atoms with Crippen LogP contribution in [0, 0.1) is 11.7 Å². The number of nitrogens with two attached hydrogens (primary N) is 1. The summed E-state index contributed by atoms with van der Waals surface area (Å²) >= 11 is 0. The minimum atomic E-state index is -0.588. The van der Waals surface area contributed by atoms with Gasteiger partial charge in [0, 0.05) is 18.4 Å². The minimum absolute atomic E-state index is 0.0843. The lowest BCUT2D eigenvalue weighted by Crippen LogP contribution is -2.36. The number of anilines is 2. The van der Waals surface area contributed by atoms with Crippen LogP contribution in [0.2, 0.25) is 0 Å².